The van der Waals surface area contributed by atoms with Crippen molar-refractivity contribution in [3.05, 3.63) is 47.4 Å². The van der Waals surface area contributed by atoms with Gasteiger partial charge in [0, 0.05) is 21.9 Å². The summed E-state index contributed by atoms with van der Waals surface area (Å²) in [5, 5.41) is 21.8. The first-order valence-electron chi connectivity index (χ1n) is 11.8. The molecule has 186 valence electrons. The maximum Gasteiger partial charge on any atom is 0.316 e. The van der Waals surface area contributed by atoms with Gasteiger partial charge in [0.2, 0.25) is 0 Å². The second-order valence-corrected chi connectivity index (χ2v) is 12.3. The lowest BCUT2D eigenvalue weighted by atomic mass is 10.0. The third-order valence-electron chi connectivity index (χ3n) is 5.56. The molecule has 0 aliphatic heterocycles. The summed E-state index contributed by atoms with van der Waals surface area (Å²) < 4.78 is 6.37. The van der Waals surface area contributed by atoms with E-state index in [1.807, 2.05) is 32.1 Å². The average molecular weight is 523 g/mol. The van der Waals surface area contributed by atoms with E-state index in [4.69, 9.17) is 4.74 Å². The lowest BCUT2D eigenvalue weighted by Crippen LogP contribution is -2.22. The van der Waals surface area contributed by atoms with Gasteiger partial charge in [0.05, 0.1) is 29.3 Å². The molecular weight excluding hydrogens is 488 g/mol. The molecule has 34 heavy (non-hydrogen) atoms. The topological polar surface area (TPSA) is 83.8 Å². The molecule has 4 atom stereocenters. The molecule has 0 saturated heterocycles. The SMILES string of the molecule is CC(C)OC(=O)CSCCCS[C@H]1C(=O)C[C@@H](O)[C@@H]1C=C[C@@H](O)CCc1cc2ccccc2s1. The number of aliphatic hydroxyl groups is 2. The molecule has 5 nitrogen and oxygen atoms in total. The molecule has 1 heterocycles. The molecule has 2 N–H and O–H groups in total. The molecule has 1 aromatic carbocycles. The zero-order valence-corrected chi connectivity index (χ0v) is 22.2. The molecule has 3 rings (SSSR count). The fourth-order valence-corrected chi connectivity index (χ4v) is 7.27. The van der Waals surface area contributed by atoms with Gasteiger partial charge in [-0.2, -0.15) is 11.8 Å². The zero-order chi connectivity index (χ0) is 24.5. The van der Waals surface area contributed by atoms with Crippen molar-refractivity contribution < 1.29 is 24.5 Å². The minimum absolute atomic E-state index is 0.0695. The summed E-state index contributed by atoms with van der Waals surface area (Å²) in [7, 11) is 0. The van der Waals surface area contributed by atoms with Crippen LogP contribution in [0.1, 0.15) is 38.0 Å². The fraction of sp³-hybridized carbons (Fsp3) is 0.538. The highest BCUT2D eigenvalue weighted by molar-refractivity contribution is 8.01. The van der Waals surface area contributed by atoms with Crippen molar-refractivity contribution >= 4 is 56.7 Å². The van der Waals surface area contributed by atoms with Crippen LogP contribution < -0.4 is 0 Å². The Morgan fingerprint density at radius 3 is 2.85 bits per heavy atom. The smallest absolute Gasteiger partial charge is 0.316 e. The molecule has 1 saturated carbocycles. The van der Waals surface area contributed by atoms with Gasteiger partial charge >= 0.3 is 5.97 Å². The first-order valence-corrected chi connectivity index (χ1v) is 14.8. The molecule has 0 unspecified atom stereocenters. The van der Waals surface area contributed by atoms with Crippen molar-refractivity contribution in [2.75, 3.05) is 17.3 Å². The minimum atomic E-state index is -0.698. The number of benzene rings is 1. The monoisotopic (exact) mass is 522 g/mol. The van der Waals surface area contributed by atoms with Crippen LogP contribution in [-0.4, -0.2) is 62.8 Å². The van der Waals surface area contributed by atoms with Crippen LogP contribution in [0.25, 0.3) is 10.1 Å². The normalized spacial score (nSPS) is 21.7. The highest BCUT2D eigenvalue weighted by Crippen LogP contribution is 2.34. The van der Waals surface area contributed by atoms with E-state index in [0.29, 0.717) is 12.2 Å². The second kappa shape index (κ2) is 13.7. The summed E-state index contributed by atoms with van der Waals surface area (Å²) in [6.45, 7) is 3.67. The summed E-state index contributed by atoms with van der Waals surface area (Å²) in [4.78, 5) is 25.2. The number of carbonyl (C=O) groups excluding carboxylic acids is 2. The number of ketones is 1. The molecule has 8 heteroatoms. The van der Waals surface area contributed by atoms with Crippen LogP contribution >= 0.6 is 34.9 Å². The molecule has 1 aliphatic carbocycles. The van der Waals surface area contributed by atoms with E-state index in [1.54, 1.807) is 29.2 Å². The van der Waals surface area contributed by atoms with E-state index in [-0.39, 0.29) is 35.4 Å². The number of esters is 1. The van der Waals surface area contributed by atoms with E-state index in [0.717, 1.165) is 24.3 Å². The van der Waals surface area contributed by atoms with Crippen LogP contribution in [-0.2, 0) is 20.7 Å². The number of fused-ring (bicyclic) bond motifs is 1. The average Bonchev–Trinajstić information content (AvgIpc) is 3.32. The lowest BCUT2D eigenvalue weighted by molar-refractivity contribution is -0.144. The van der Waals surface area contributed by atoms with Crippen molar-refractivity contribution in [3.63, 3.8) is 0 Å². The van der Waals surface area contributed by atoms with Crippen LogP contribution in [0.4, 0.5) is 0 Å². The van der Waals surface area contributed by atoms with Gasteiger partial charge in [-0.15, -0.1) is 23.1 Å². The van der Waals surface area contributed by atoms with Gasteiger partial charge in [-0.05, 0) is 62.1 Å². The Balaban J connectivity index is 1.40. The predicted molar refractivity (Wildman–Crippen MR) is 144 cm³/mol. The maximum atomic E-state index is 12.4. The molecule has 1 aromatic heterocycles. The summed E-state index contributed by atoms with van der Waals surface area (Å²) in [6.07, 6.45) is 4.60. The van der Waals surface area contributed by atoms with Gasteiger partial charge in [-0.1, -0.05) is 30.4 Å². The van der Waals surface area contributed by atoms with Crippen molar-refractivity contribution in [3.8, 4) is 0 Å². The lowest BCUT2D eigenvalue weighted by Gasteiger charge is -2.17. The summed E-state index contributed by atoms with van der Waals surface area (Å²) in [5.74, 6) is 1.55. The number of hydrogen-bond donors (Lipinski definition) is 2. The fourth-order valence-electron chi connectivity index (χ4n) is 3.93. The van der Waals surface area contributed by atoms with Crippen LogP contribution in [0.15, 0.2) is 42.5 Å². The van der Waals surface area contributed by atoms with Crippen molar-refractivity contribution in [1.29, 1.82) is 0 Å². The minimum Gasteiger partial charge on any atom is -0.462 e. The van der Waals surface area contributed by atoms with Crippen LogP contribution in [0.2, 0.25) is 0 Å². The number of Topliss-reactive ketones (excluding diaryl/α,β-unsaturated/α-hetero) is 1. The molecule has 2 aromatic rings. The molecule has 1 aliphatic rings. The van der Waals surface area contributed by atoms with Crippen LogP contribution in [0.5, 0.6) is 0 Å². The molecular formula is C26H34O5S3. The number of aryl methyl sites for hydroxylation is 1. The molecule has 0 spiro atoms. The largest absolute Gasteiger partial charge is 0.462 e. The van der Waals surface area contributed by atoms with Crippen LogP contribution in [0.3, 0.4) is 0 Å². The second-order valence-electron chi connectivity index (χ2n) is 8.79. The van der Waals surface area contributed by atoms with Gasteiger partial charge in [-0.25, -0.2) is 0 Å². The Morgan fingerprint density at radius 1 is 1.29 bits per heavy atom. The Morgan fingerprint density at radius 2 is 2.09 bits per heavy atom. The third-order valence-corrected chi connectivity index (χ3v) is 9.21. The van der Waals surface area contributed by atoms with Gasteiger partial charge in [0.1, 0.15) is 5.78 Å². The molecule has 0 radical (unpaired) electrons. The van der Waals surface area contributed by atoms with Gasteiger partial charge < -0.3 is 14.9 Å². The van der Waals surface area contributed by atoms with E-state index in [9.17, 15) is 19.8 Å². The Hall–Kier alpha value is -1.32. The highest BCUT2D eigenvalue weighted by atomic mass is 32.2. The van der Waals surface area contributed by atoms with Gasteiger partial charge in [0.15, 0.2) is 0 Å². The number of thioether (sulfide) groups is 2. The Kier molecular flexibility index (Phi) is 11.0. The number of rotatable bonds is 13. The van der Waals surface area contributed by atoms with E-state index in [1.165, 1.54) is 26.7 Å². The first kappa shape index (κ1) is 27.3. The van der Waals surface area contributed by atoms with Gasteiger partial charge in [0.25, 0.3) is 0 Å². The Bertz CT molecular complexity index is 937. The van der Waals surface area contributed by atoms with Crippen molar-refractivity contribution in [1.82, 2.24) is 0 Å². The predicted octanol–water partition coefficient (Wildman–Crippen LogP) is 4.88. The van der Waals surface area contributed by atoms with Crippen LogP contribution in [0, 0.1) is 5.92 Å². The summed E-state index contributed by atoms with van der Waals surface area (Å²) >= 11 is 4.86. The highest BCUT2D eigenvalue weighted by Gasteiger charge is 2.40. The molecule has 0 bridgehead atoms. The van der Waals surface area contributed by atoms with Crippen molar-refractivity contribution in [2.45, 2.75) is 63.1 Å². The maximum absolute atomic E-state index is 12.4. The number of carbonyl (C=O) groups is 2. The standard InChI is InChI=1S/C26H34O5S3/c1-17(2)31-25(30)16-32-12-5-13-33-26-21(22(28)15-23(26)29)11-9-19(27)8-10-20-14-18-6-3-4-7-24(18)34-20/h3-4,6-7,9,11,14,17,19,21-22,26-28H,5,8,10,12-13,15-16H2,1-2H3/t19-,21-,22+,26+/m0/s1. The quantitative estimate of drug-likeness (QED) is 0.220. The van der Waals surface area contributed by atoms with E-state index in [2.05, 4.69) is 18.2 Å². The van der Waals surface area contributed by atoms with Gasteiger partial charge in [-0.3, -0.25) is 9.59 Å². The number of hydrogen-bond acceptors (Lipinski definition) is 8. The number of thiophene rings is 1. The van der Waals surface area contributed by atoms with Crippen molar-refractivity contribution in [2.24, 2.45) is 5.92 Å². The van der Waals surface area contributed by atoms with E-state index >= 15 is 0 Å². The Labute approximate surface area is 214 Å². The summed E-state index contributed by atoms with van der Waals surface area (Å²) in [5.41, 5.74) is 0. The summed E-state index contributed by atoms with van der Waals surface area (Å²) in [6, 6.07) is 10.4. The number of ether oxygens (including phenoxy) is 1. The van der Waals surface area contributed by atoms with E-state index < -0.39 is 12.2 Å². The zero-order valence-electron chi connectivity index (χ0n) is 19.7. The molecule has 1 fully saturated rings. The molecule has 0 amide bonds. The third kappa shape index (κ3) is 8.41. The first-order chi connectivity index (χ1) is 16.3. The number of aliphatic hydroxyl groups excluding tert-OH is 2.